The van der Waals surface area contributed by atoms with Crippen molar-refractivity contribution in [2.75, 3.05) is 66.1 Å². The number of hydrogen-bond acceptors (Lipinski definition) is 20. The van der Waals surface area contributed by atoms with Crippen LogP contribution in [-0.4, -0.2) is 236 Å². The van der Waals surface area contributed by atoms with Gasteiger partial charge in [0, 0.05) is 17.8 Å². The zero-order chi connectivity index (χ0) is 37.6. The van der Waals surface area contributed by atoms with E-state index in [2.05, 4.69) is 0 Å². The molecule has 4 aliphatic heterocycles. The van der Waals surface area contributed by atoms with Crippen LogP contribution in [0.3, 0.4) is 0 Å². The van der Waals surface area contributed by atoms with Crippen molar-refractivity contribution in [2.45, 2.75) is 111 Å². The molecule has 4 heterocycles. The maximum atomic E-state index is 10.9. The highest BCUT2D eigenvalue weighted by atomic mass is 16.6. The summed E-state index contributed by atoms with van der Waals surface area (Å²) in [5, 5.41) is 133. The highest BCUT2D eigenvalue weighted by Gasteiger charge is 2.48. The zero-order valence-electron chi connectivity index (χ0n) is 28.3. The van der Waals surface area contributed by atoms with E-state index in [0.717, 1.165) is 0 Å². The first-order chi connectivity index (χ1) is 24.3. The van der Waals surface area contributed by atoms with Crippen molar-refractivity contribution in [1.29, 1.82) is 0 Å². The standard InChI is InChI=1S/C31H56O20/c1-12-23(36)24(37)13(16(2-32)48-12)6-45-9-20-28(41)25(38)14(17(3-33)49-20)7-46-10-21-29(42)26(39)15(18(4-34)50-21)8-47-11-22-30(43)31(44)27(40)19(5-35)51-22/h12-44H,2-11H2,1H3/t12-,13+,14+,15+,16?,17?,18?,19?,20+,21+,22+,23?,24+,25+,26+,27+,28?,29?,30?,31+/m0/s1. The Balaban J connectivity index is 1.24. The average molecular weight is 749 g/mol. The van der Waals surface area contributed by atoms with E-state index in [1.165, 1.54) is 0 Å². The Kier molecular flexibility index (Phi) is 16.6. The molecule has 0 aromatic rings. The van der Waals surface area contributed by atoms with Crippen LogP contribution in [0.4, 0.5) is 0 Å². The Bertz CT molecular complexity index is 1010. The van der Waals surface area contributed by atoms with Gasteiger partial charge in [-0.15, -0.1) is 0 Å². The van der Waals surface area contributed by atoms with Crippen LogP contribution in [0.1, 0.15) is 6.92 Å². The topological polar surface area (TPSA) is 328 Å². The first-order valence-corrected chi connectivity index (χ1v) is 17.2. The van der Waals surface area contributed by atoms with Gasteiger partial charge < -0.3 is 99.5 Å². The highest BCUT2D eigenvalue weighted by Crippen LogP contribution is 2.31. The molecule has 0 radical (unpaired) electrons. The third-order valence-electron chi connectivity index (χ3n) is 10.4. The summed E-state index contributed by atoms with van der Waals surface area (Å²) in [6, 6.07) is 0. The van der Waals surface area contributed by atoms with Crippen LogP contribution < -0.4 is 0 Å². The van der Waals surface area contributed by atoms with Gasteiger partial charge in [-0.1, -0.05) is 0 Å². The maximum Gasteiger partial charge on any atom is 0.111 e. The minimum Gasteiger partial charge on any atom is -0.394 e. The van der Waals surface area contributed by atoms with Gasteiger partial charge >= 0.3 is 0 Å². The van der Waals surface area contributed by atoms with Crippen LogP contribution in [0, 0.1) is 17.8 Å². The van der Waals surface area contributed by atoms with Crippen LogP contribution in [0.25, 0.3) is 0 Å². The predicted molar refractivity (Wildman–Crippen MR) is 166 cm³/mol. The summed E-state index contributed by atoms with van der Waals surface area (Å²) in [5.74, 6) is -2.69. The molecule has 20 heteroatoms. The van der Waals surface area contributed by atoms with E-state index in [0.29, 0.717) is 0 Å². The van der Waals surface area contributed by atoms with Crippen LogP contribution in [0.5, 0.6) is 0 Å². The van der Waals surface area contributed by atoms with E-state index in [-0.39, 0.29) is 39.6 Å². The molecule has 0 aromatic carbocycles. The molecule has 300 valence electrons. The Hall–Kier alpha value is -0.800. The Morgan fingerprint density at radius 1 is 0.333 bits per heavy atom. The van der Waals surface area contributed by atoms with Crippen molar-refractivity contribution in [2.24, 2.45) is 17.8 Å². The lowest BCUT2D eigenvalue weighted by molar-refractivity contribution is -0.253. The van der Waals surface area contributed by atoms with Crippen LogP contribution >= 0.6 is 0 Å². The third kappa shape index (κ3) is 9.90. The molecule has 4 aliphatic rings. The number of hydrogen-bond donors (Lipinski definition) is 13. The summed E-state index contributed by atoms with van der Waals surface area (Å²) < 4.78 is 39.3. The van der Waals surface area contributed by atoms with E-state index in [1.807, 2.05) is 0 Å². The molecular weight excluding hydrogens is 692 g/mol. The Morgan fingerprint density at radius 3 is 1.00 bits per heavy atom. The Morgan fingerprint density at radius 2 is 0.627 bits per heavy atom. The van der Waals surface area contributed by atoms with Gasteiger partial charge in [-0.2, -0.15) is 0 Å². The second kappa shape index (κ2) is 19.7. The summed E-state index contributed by atoms with van der Waals surface area (Å²) in [4.78, 5) is 0. The van der Waals surface area contributed by atoms with Crippen LogP contribution in [0.2, 0.25) is 0 Å². The predicted octanol–water partition coefficient (Wildman–Crippen LogP) is -7.81. The minimum absolute atomic E-state index is 0.176. The van der Waals surface area contributed by atoms with Crippen molar-refractivity contribution in [3.8, 4) is 0 Å². The second-order valence-corrected chi connectivity index (χ2v) is 13.8. The van der Waals surface area contributed by atoms with Gasteiger partial charge in [0.05, 0.1) is 109 Å². The molecule has 4 fully saturated rings. The molecule has 4 saturated heterocycles. The van der Waals surface area contributed by atoms with Gasteiger partial charge in [-0.25, -0.2) is 0 Å². The van der Waals surface area contributed by atoms with E-state index >= 15 is 0 Å². The van der Waals surface area contributed by atoms with Gasteiger partial charge in [-0.3, -0.25) is 0 Å². The van der Waals surface area contributed by atoms with Gasteiger partial charge in [0.1, 0.15) is 61.0 Å². The molecule has 0 aliphatic carbocycles. The monoisotopic (exact) mass is 748 g/mol. The largest absolute Gasteiger partial charge is 0.394 e. The molecule has 0 spiro atoms. The molecule has 0 saturated carbocycles. The summed E-state index contributed by atoms with van der Waals surface area (Å²) in [7, 11) is 0. The van der Waals surface area contributed by atoms with Crippen molar-refractivity contribution < 1.29 is 99.5 Å². The molecule has 0 aromatic heterocycles. The third-order valence-corrected chi connectivity index (χ3v) is 10.4. The number of rotatable bonds is 16. The molecule has 4 rings (SSSR count). The summed E-state index contributed by atoms with van der Waals surface area (Å²) in [5.41, 5.74) is 0. The van der Waals surface area contributed by atoms with Crippen molar-refractivity contribution in [3.05, 3.63) is 0 Å². The number of ether oxygens (including phenoxy) is 7. The Labute approximate surface area is 294 Å². The quantitative estimate of drug-likeness (QED) is 0.0697. The molecule has 0 bridgehead atoms. The van der Waals surface area contributed by atoms with Gasteiger partial charge in [0.2, 0.25) is 0 Å². The van der Waals surface area contributed by atoms with Crippen molar-refractivity contribution in [3.63, 3.8) is 0 Å². The minimum atomic E-state index is -1.60. The maximum absolute atomic E-state index is 10.9. The molecule has 20 atom stereocenters. The lowest BCUT2D eigenvalue weighted by atomic mass is 9.86. The molecule has 20 nitrogen and oxygen atoms in total. The fourth-order valence-corrected chi connectivity index (χ4v) is 7.11. The van der Waals surface area contributed by atoms with E-state index in [9.17, 15) is 66.4 Å². The average Bonchev–Trinajstić information content (AvgIpc) is 3.12. The van der Waals surface area contributed by atoms with Crippen LogP contribution in [0.15, 0.2) is 0 Å². The first-order valence-electron chi connectivity index (χ1n) is 17.2. The lowest BCUT2D eigenvalue weighted by Crippen LogP contribution is -2.60. The van der Waals surface area contributed by atoms with E-state index in [4.69, 9.17) is 33.2 Å². The van der Waals surface area contributed by atoms with E-state index < -0.39 is 148 Å². The molecule has 0 amide bonds. The van der Waals surface area contributed by atoms with Crippen molar-refractivity contribution in [1.82, 2.24) is 0 Å². The zero-order valence-corrected chi connectivity index (χ0v) is 28.3. The van der Waals surface area contributed by atoms with Gasteiger partial charge in [-0.05, 0) is 6.92 Å². The molecular formula is C31H56O20. The summed E-state index contributed by atoms with van der Waals surface area (Å²) in [6.07, 6.45) is -21.2. The fourth-order valence-electron chi connectivity index (χ4n) is 7.11. The normalized spacial score (nSPS) is 48.1. The number of aliphatic hydroxyl groups excluding tert-OH is 13. The second-order valence-electron chi connectivity index (χ2n) is 13.8. The lowest BCUT2D eigenvalue weighted by Gasteiger charge is -2.44. The van der Waals surface area contributed by atoms with Gasteiger partial charge in [0.15, 0.2) is 0 Å². The summed E-state index contributed by atoms with van der Waals surface area (Å²) in [6.45, 7) is -2.31. The summed E-state index contributed by atoms with van der Waals surface area (Å²) >= 11 is 0. The molecule has 13 N–H and O–H groups in total. The SMILES string of the molecule is C[C@@H]1OC(CO)[C@@H](COC[C@H]2OC(CO)[C@@H](COC[C@H]3OC(CO)[C@@H](COC[C@H]4OC(CO)[C@@H](O)[C@@H](O)C4O)[C@@H](O)C3O)[C@@H](O)C2O)[C@@H](O)C1O. The highest BCUT2D eigenvalue weighted by molar-refractivity contribution is 4.96. The fraction of sp³-hybridized carbons (Fsp3) is 1.00. The van der Waals surface area contributed by atoms with Crippen molar-refractivity contribution >= 4 is 0 Å². The molecule has 8 unspecified atom stereocenters. The van der Waals surface area contributed by atoms with Crippen LogP contribution in [-0.2, 0) is 33.2 Å². The smallest absolute Gasteiger partial charge is 0.111 e. The van der Waals surface area contributed by atoms with Gasteiger partial charge in [0.25, 0.3) is 0 Å². The first kappa shape index (κ1) is 42.9. The number of aliphatic hydroxyl groups is 13. The molecule has 51 heavy (non-hydrogen) atoms. The van der Waals surface area contributed by atoms with E-state index in [1.54, 1.807) is 6.92 Å².